The van der Waals surface area contributed by atoms with E-state index in [1.165, 1.54) is 126 Å². The number of carbonyl (C=O) groups excluding carboxylic acids is 2. The summed E-state index contributed by atoms with van der Waals surface area (Å²) in [5.74, 6) is 1.22. The fourth-order valence-electron chi connectivity index (χ4n) is 9.60. The van der Waals surface area contributed by atoms with Crippen molar-refractivity contribution >= 4 is 88.7 Å². The van der Waals surface area contributed by atoms with Gasteiger partial charge >= 0.3 is 0 Å². The molecule has 5 aromatic heterocycles. The second-order valence-corrected chi connectivity index (χ2v) is 26.2. The molecule has 0 bridgehead atoms. The fraction of sp³-hybridized carbons (Fsp3) is 0.571. The van der Waals surface area contributed by atoms with Crippen molar-refractivity contribution in [3.05, 3.63) is 67.0 Å². The maximum atomic E-state index is 14.7. The lowest BCUT2D eigenvalue weighted by Crippen LogP contribution is -2.31. The molecule has 2 atom stereocenters. The van der Waals surface area contributed by atoms with Crippen LogP contribution in [0.3, 0.4) is 0 Å². The lowest BCUT2D eigenvalue weighted by molar-refractivity contribution is 0.0650. The number of hydrogen-bond acceptors (Lipinski definition) is 7. The van der Waals surface area contributed by atoms with Crippen LogP contribution in [-0.2, 0) is 23.7 Å². The third kappa shape index (κ3) is 10.4. The minimum atomic E-state index is -0.278. The van der Waals surface area contributed by atoms with Crippen molar-refractivity contribution in [2.24, 2.45) is 11.8 Å². The summed E-state index contributed by atoms with van der Waals surface area (Å²) in [5.41, 5.74) is 3.71. The standard InChI is InChI=1S/C56H75NO2S5/c1-12-17-20-21-22-23-30-57-53(58)47-48(54(57)59)52(56(9,10)11)64-51(47)43-33-39-45(41-28-26-37(60-41)31-35(15-4)24-18-13-2)50-40(34-44(63-50)55(6,7)8)46(49(39)62-43)42-29-27-38(61-42)32-36(16-5)25-19-14-3/h26-29,33-36H,12-25,30-32H2,1-11H3. The van der Waals surface area contributed by atoms with Crippen LogP contribution in [0.15, 0.2) is 36.4 Å². The van der Waals surface area contributed by atoms with Gasteiger partial charge in [0.15, 0.2) is 0 Å². The Hall–Kier alpha value is -2.62. The van der Waals surface area contributed by atoms with Crippen molar-refractivity contribution in [1.29, 1.82) is 0 Å². The number of hydrogen-bond donors (Lipinski definition) is 0. The molecule has 7 rings (SSSR count). The molecule has 0 aliphatic carbocycles. The Morgan fingerprint density at radius 3 is 1.56 bits per heavy atom. The minimum Gasteiger partial charge on any atom is -0.274 e. The topological polar surface area (TPSA) is 37.4 Å². The van der Waals surface area contributed by atoms with E-state index in [2.05, 4.69) is 113 Å². The Morgan fingerprint density at radius 1 is 0.516 bits per heavy atom. The smallest absolute Gasteiger partial charge is 0.263 e. The predicted octanol–water partition coefficient (Wildman–Crippen LogP) is 19.4. The molecule has 0 saturated carbocycles. The molecule has 0 fully saturated rings. The molecule has 1 aliphatic rings. The normalized spacial score (nSPS) is 14.5. The van der Waals surface area contributed by atoms with Crippen molar-refractivity contribution in [1.82, 2.24) is 4.90 Å². The average Bonchev–Trinajstić information content (AvgIpc) is 4.12. The highest BCUT2D eigenvalue weighted by atomic mass is 32.1. The van der Waals surface area contributed by atoms with E-state index in [9.17, 15) is 9.59 Å². The molecule has 6 heterocycles. The molecule has 6 aromatic rings. The van der Waals surface area contributed by atoms with Crippen molar-refractivity contribution in [3.63, 3.8) is 0 Å². The van der Waals surface area contributed by atoms with Gasteiger partial charge in [-0.25, -0.2) is 0 Å². The van der Waals surface area contributed by atoms with E-state index in [1.807, 2.05) is 45.3 Å². The zero-order valence-electron chi connectivity index (χ0n) is 40.9. The molecule has 346 valence electrons. The Bertz CT molecular complexity index is 2430. The average molecular weight is 955 g/mol. The second kappa shape index (κ2) is 21.1. The third-order valence-corrected chi connectivity index (χ3v) is 20.3. The fourth-order valence-corrected chi connectivity index (χ4v) is 16.1. The summed E-state index contributed by atoms with van der Waals surface area (Å²) in [4.78, 5) is 40.8. The second-order valence-electron chi connectivity index (χ2n) is 20.8. The minimum absolute atomic E-state index is 0.00838. The summed E-state index contributed by atoms with van der Waals surface area (Å²) < 4.78 is 2.67. The van der Waals surface area contributed by atoms with Crippen LogP contribution in [0.5, 0.6) is 0 Å². The van der Waals surface area contributed by atoms with Crippen molar-refractivity contribution in [3.8, 4) is 30.6 Å². The molecular weight excluding hydrogens is 879 g/mol. The van der Waals surface area contributed by atoms with Gasteiger partial charge in [-0.15, -0.1) is 56.7 Å². The molecule has 8 heteroatoms. The number of imide groups is 1. The molecule has 2 amide bonds. The summed E-state index contributed by atoms with van der Waals surface area (Å²) in [6.07, 6.45) is 19.1. The number of thiophene rings is 5. The first kappa shape index (κ1) is 49.3. The van der Waals surface area contributed by atoms with E-state index in [0.29, 0.717) is 29.5 Å². The first-order valence-electron chi connectivity index (χ1n) is 24.9. The van der Waals surface area contributed by atoms with Gasteiger partial charge < -0.3 is 0 Å². The number of carbonyl (C=O) groups is 2. The maximum absolute atomic E-state index is 14.7. The van der Waals surface area contributed by atoms with Gasteiger partial charge in [-0.05, 0) is 78.3 Å². The molecule has 64 heavy (non-hydrogen) atoms. The summed E-state index contributed by atoms with van der Waals surface area (Å²) in [6, 6.07) is 14.6. The van der Waals surface area contributed by atoms with Crippen LogP contribution in [0.4, 0.5) is 0 Å². The largest absolute Gasteiger partial charge is 0.274 e. The number of benzene rings is 1. The number of unbranched alkanes of at least 4 members (excludes halogenated alkanes) is 7. The highest BCUT2D eigenvalue weighted by molar-refractivity contribution is 7.28. The van der Waals surface area contributed by atoms with Crippen LogP contribution >= 0.6 is 56.7 Å². The molecule has 1 aromatic carbocycles. The van der Waals surface area contributed by atoms with Crippen LogP contribution in [-0.4, -0.2) is 23.3 Å². The van der Waals surface area contributed by atoms with E-state index >= 15 is 0 Å². The number of rotatable bonds is 22. The number of amides is 2. The lowest BCUT2D eigenvalue weighted by atomic mass is 9.90. The van der Waals surface area contributed by atoms with Crippen molar-refractivity contribution in [2.45, 2.75) is 190 Å². The molecule has 0 spiro atoms. The van der Waals surface area contributed by atoms with E-state index in [0.717, 1.165) is 46.7 Å². The van der Waals surface area contributed by atoms with Crippen molar-refractivity contribution in [2.75, 3.05) is 6.54 Å². The van der Waals surface area contributed by atoms with Gasteiger partial charge in [0.1, 0.15) is 0 Å². The van der Waals surface area contributed by atoms with Crippen LogP contribution in [0.1, 0.15) is 206 Å². The first-order valence-corrected chi connectivity index (χ1v) is 29.0. The Balaban J connectivity index is 1.43. The number of fused-ring (bicyclic) bond motifs is 3. The molecule has 0 N–H and O–H groups in total. The summed E-state index contributed by atoms with van der Waals surface area (Å²) in [5, 5.41) is 2.63. The molecule has 0 saturated heterocycles. The Kier molecular flexibility index (Phi) is 16.3. The van der Waals surface area contributed by atoms with E-state index in [1.54, 1.807) is 16.2 Å². The lowest BCUT2D eigenvalue weighted by Gasteiger charge is -2.19. The van der Waals surface area contributed by atoms with Gasteiger partial charge in [0.2, 0.25) is 0 Å². The molecule has 3 nitrogen and oxygen atoms in total. The van der Waals surface area contributed by atoms with E-state index < -0.39 is 0 Å². The molecule has 1 aliphatic heterocycles. The van der Waals surface area contributed by atoms with Gasteiger partial charge in [0.05, 0.1) is 16.0 Å². The van der Waals surface area contributed by atoms with Crippen LogP contribution < -0.4 is 0 Å². The summed E-state index contributed by atoms with van der Waals surface area (Å²) in [6.45, 7) is 25.7. The molecule has 0 radical (unpaired) electrons. The van der Waals surface area contributed by atoms with Gasteiger partial charge in [-0.3, -0.25) is 14.5 Å². The number of nitrogens with zero attached hydrogens (tertiary/aromatic N) is 1. The maximum Gasteiger partial charge on any atom is 0.263 e. The van der Waals surface area contributed by atoms with Gasteiger partial charge in [-0.1, -0.05) is 160 Å². The van der Waals surface area contributed by atoms with Crippen molar-refractivity contribution < 1.29 is 9.59 Å². The highest BCUT2D eigenvalue weighted by Gasteiger charge is 2.44. The predicted molar refractivity (Wildman–Crippen MR) is 287 cm³/mol. The zero-order valence-corrected chi connectivity index (χ0v) is 45.0. The zero-order chi connectivity index (χ0) is 45.9. The quantitative estimate of drug-likeness (QED) is 0.0502. The monoisotopic (exact) mass is 953 g/mol. The van der Waals surface area contributed by atoms with Gasteiger partial charge in [-0.2, -0.15) is 0 Å². The third-order valence-electron chi connectivity index (χ3n) is 13.5. The first-order chi connectivity index (χ1) is 30.6. The van der Waals surface area contributed by atoms with Crippen LogP contribution in [0, 0.1) is 11.8 Å². The molecule has 2 unspecified atom stereocenters. The summed E-state index contributed by atoms with van der Waals surface area (Å²) >= 11 is 9.50. The Labute approximate surface area is 406 Å². The van der Waals surface area contributed by atoms with E-state index in [4.69, 9.17) is 0 Å². The molecular formula is C56H75NO2S5. The van der Waals surface area contributed by atoms with Gasteiger partial charge in [0, 0.05) is 72.0 Å². The SMILES string of the molecule is CCCCCCCCN1C(=O)c2c(-c3cc4c(-c5ccc(CC(CC)CCCC)s5)c5sc(C(C)(C)C)cc5c(-c5ccc(CC(CC)CCCC)s5)c4s3)sc(C(C)(C)C)c2C1=O. The summed E-state index contributed by atoms with van der Waals surface area (Å²) in [7, 11) is 0. The van der Waals surface area contributed by atoms with Gasteiger partial charge in [0.25, 0.3) is 11.8 Å². The van der Waals surface area contributed by atoms with Crippen LogP contribution in [0.25, 0.3) is 50.8 Å². The highest BCUT2D eigenvalue weighted by Crippen LogP contribution is 2.56. The van der Waals surface area contributed by atoms with Crippen LogP contribution in [0.2, 0.25) is 0 Å². The van der Waals surface area contributed by atoms with E-state index in [-0.39, 0.29) is 22.6 Å². The Morgan fingerprint density at radius 2 is 1.03 bits per heavy atom.